The molecule has 0 aliphatic heterocycles. The van der Waals surface area contributed by atoms with Crippen LogP contribution >= 0.6 is 27.7 Å². The summed E-state index contributed by atoms with van der Waals surface area (Å²) in [7, 11) is 0. The van der Waals surface area contributed by atoms with Crippen molar-refractivity contribution in [2.24, 2.45) is 0 Å². The molecule has 0 saturated heterocycles. The maximum absolute atomic E-state index is 11.5. The molecule has 0 bridgehead atoms. The zero-order chi connectivity index (χ0) is 14.3. The van der Waals surface area contributed by atoms with Gasteiger partial charge in [-0.1, -0.05) is 15.9 Å². The minimum Gasteiger partial charge on any atom is -0.478 e. The molecule has 2 N–H and O–H groups in total. The molecule has 100 valence electrons. The van der Waals surface area contributed by atoms with Crippen LogP contribution in [-0.4, -0.2) is 29.3 Å². The quantitative estimate of drug-likeness (QED) is 0.611. The van der Waals surface area contributed by atoms with Crippen LogP contribution in [0.3, 0.4) is 0 Å². The van der Waals surface area contributed by atoms with E-state index in [2.05, 4.69) is 21.2 Å². The van der Waals surface area contributed by atoms with Crippen LogP contribution in [0.25, 0.3) is 0 Å². The minimum absolute atomic E-state index is 0.113. The summed E-state index contributed by atoms with van der Waals surface area (Å²) in [5.74, 6) is -1.14. The Labute approximate surface area is 123 Å². The number of aromatic carboxylic acids is 1. The van der Waals surface area contributed by atoms with Crippen LogP contribution in [0.4, 0.5) is 0 Å². The fraction of sp³-hybridized carbons (Fsp3) is 0.250. The lowest BCUT2D eigenvalue weighted by Crippen LogP contribution is -2.25. The first kappa shape index (κ1) is 15.5. The number of rotatable bonds is 6. The van der Waals surface area contributed by atoms with Gasteiger partial charge in [0.1, 0.15) is 0 Å². The van der Waals surface area contributed by atoms with E-state index in [0.29, 0.717) is 11.4 Å². The molecule has 19 heavy (non-hydrogen) atoms. The van der Waals surface area contributed by atoms with Crippen LogP contribution in [-0.2, 0) is 4.79 Å². The maximum Gasteiger partial charge on any atom is 0.336 e. The van der Waals surface area contributed by atoms with Crippen molar-refractivity contribution in [3.8, 4) is 6.07 Å². The van der Waals surface area contributed by atoms with Gasteiger partial charge in [-0.15, -0.1) is 11.8 Å². The molecule has 0 spiro atoms. The summed E-state index contributed by atoms with van der Waals surface area (Å²) in [5.41, 5.74) is 0.165. The third-order valence-electron chi connectivity index (χ3n) is 2.09. The highest BCUT2D eigenvalue weighted by molar-refractivity contribution is 9.10. The molecule has 0 unspecified atom stereocenters. The number of carboxylic acid groups (broad SMARTS) is 1. The molecule has 1 aromatic rings. The fourth-order valence-corrected chi connectivity index (χ4v) is 2.67. The first-order chi connectivity index (χ1) is 9.04. The monoisotopic (exact) mass is 342 g/mol. The van der Waals surface area contributed by atoms with Gasteiger partial charge in [-0.2, -0.15) is 5.26 Å². The molecule has 0 aliphatic carbocycles. The van der Waals surface area contributed by atoms with Gasteiger partial charge in [-0.05, 0) is 18.2 Å². The van der Waals surface area contributed by atoms with Crippen molar-refractivity contribution in [3.63, 3.8) is 0 Å². The molecular weight excluding hydrogens is 332 g/mol. The Kier molecular flexibility index (Phi) is 6.39. The van der Waals surface area contributed by atoms with Gasteiger partial charge in [0.15, 0.2) is 0 Å². The maximum atomic E-state index is 11.5. The molecule has 0 atom stereocenters. The summed E-state index contributed by atoms with van der Waals surface area (Å²) in [5, 5.41) is 19.9. The Balaban J connectivity index is 2.62. The number of benzene rings is 1. The third kappa shape index (κ3) is 5.32. The SMILES string of the molecule is N#CCCNC(=O)CSc1cc(Br)ccc1C(=O)O. The number of nitrogens with one attached hydrogen (secondary N) is 1. The number of hydrogen-bond donors (Lipinski definition) is 2. The number of carboxylic acids is 1. The molecule has 0 saturated carbocycles. The standard InChI is InChI=1S/C12H11BrN2O3S/c13-8-2-3-9(12(17)18)10(6-8)19-7-11(16)15-5-1-4-14/h2-3,6H,1,5,7H2,(H,15,16)(H,17,18). The zero-order valence-corrected chi connectivity index (χ0v) is 12.3. The average molecular weight is 343 g/mol. The molecule has 1 amide bonds. The second-order valence-corrected chi connectivity index (χ2v) is 5.43. The first-order valence-corrected chi connectivity index (χ1v) is 7.11. The predicted octanol–water partition coefficient (Wildman–Crippen LogP) is 2.27. The van der Waals surface area contributed by atoms with Crippen molar-refractivity contribution in [1.29, 1.82) is 5.26 Å². The first-order valence-electron chi connectivity index (χ1n) is 5.34. The summed E-state index contributed by atoms with van der Waals surface area (Å²) in [6, 6.07) is 6.71. The van der Waals surface area contributed by atoms with E-state index < -0.39 is 5.97 Å². The van der Waals surface area contributed by atoms with Crippen molar-refractivity contribution >= 4 is 39.6 Å². The summed E-state index contributed by atoms with van der Waals surface area (Å²) in [4.78, 5) is 23.0. The molecule has 1 aromatic carbocycles. The van der Waals surface area contributed by atoms with E-state index in [1.807, 2.05) is 6.07 Å². The van der Waals surface area contributed by atoms with Crippen LogP contribution in [0, 0.1) is 11.3 Å². The molecule has 0 aromatic heterocycles. The molecule has 1 rings (SSSR count). The normalized spacial score (nSPS) is 9.68. The lowest BCUT2D eigenvalue weighted by molar-refractivity contribution is -0.118. The predicted molar refractivity (Wildman–Crippen MR) is 75.1 cm³/mol. The molecule has 7 heteroatoms. The van der Waals surface area contributed by atoms with Crippen molar-refractivity contribution in [3.05, 3.63) is 28.2 Å². The molecule has 0 heterocycles. The highest BCUT2D eigenvalue weighted by Crippen LogP contribution is 2.26. The molecule has 5 nitrogen and oxygen atoms in total. The summed E-state index contributed by atoms with van der Waals surface area (Å²) >= 11 is 4.41. The van der Waals surface area contributed by atoms with Crippen LogP contribution in [0.5, 0.6) is 0 Å². The highest BCUT2D eigenvalue weighted by atomic mass is 79.9. The summed E-state index contributed by atoms with van der Waals surface area (Å²) < 4.78 is 0.755. The number of halogens is 1. The third-order valence-corrected chi connectivity index (χ3v) is 3.64. The van der Waals surface area contributed by atoms with Crippen LogP contribution < -0.4 is 5.32 Å². The molecule has 0 aliphatic rings. The van der Waals surface area contributed by atoms with Crippen molar-refractivity contribution in [2.75, 3.05) is 12.3 Å². The number of carbonyl (C=O) groups excluding carboxylic acids is 1. The Morgan fingerprint density at radius 2 is 2.21 bits per heavy atom. The number of carbonyl (C=O) groups is 2. The lowest BCUT2D eigenvalue weighted by Gasteiger charge is -2.06. The second kappa shape index (κ2) is 7.81. The van der Waals surface area contributed by atoms with Crippen LogP contribution in [0.15, 0.2) is 27.6 Å². The zero-order valence-electron chi connectivity index (χ0n) is 9.85. The number of hydrogen-bond acceptors (Lipinski definition) is 4. The van der Waals surface area contributed by atoms with Gasteiger partial charge in [0.2, 0.25) is 5.91 Å². The molecule has 0 radical (unpaired) electrons. The van der Waals surface area contributed by atoms with E-state index in [4.69, 9.17) is 10.4 Å². The van der Waals surface area contributed by atoms with Gasteiger partial charge in [0, 0.05) is 15.9 Å². The minimum atomic E-state index is -1.03. The topological polar surface area (TPSA) is 90.2 Å². The van der Waals surface area contributed by atoms with Gasteiger partial charge in [0.25, 0.3) is 0 Å². The van der Waals surface area contributed by atoms with Gasteiger partial charge >= 0.3 is 5.97 Å². The fourth-order valence-electron chi connectivity index (χ4n) is 1.24. The average Bonchev–Trinajstić information content (AvgIpc) is 2.36. The van der Waals surface area contributed by atoms with Gasteiger partial charge in [-0.25, -0.2) is 4.79 Å². The van der Waals surface area contributed by atoms with E-state index in [1.54, 1.807) is 12.1 Å². The number of amides is 1. The van der Waals surface area contributed by atoms with Gasteiger partial charge < -0.3 is 10.4 Å². The Morgan fingerprint density at radius 1 is 1.47 bits per heavy atom. The Morgan fingerprint density at radius 3 is 2.84 bits per heavy atom. The Hall–Kier alpha value is -1.52. The smallest absolute Gasteiger partial charge is 0.336 e. The second-order valence-electron chi connectivity index (χ2n) is 3.49. The van der Waals surface area contributed by atoms with Gasteiger partial charge in [-0.3, -0.25) is 4.79 Å². The summed E-state index contributed by atoms with van der Waals surface area (Å²) in [6.07, 6.45) is 0.258. The number of nitriles is 1. The van der Waals surface area contributed by atoms with Crippen molar-refractivity contribution < 1.29 is 14.7 Å². The van der Waals surface area contributed by atoms with E-state index in [0.717, 1.165) is 16.2 Å². The van der Waals surface area contributed by atoms with E-state index in [9.17, 15) is 9.59 Å². The van der Waals surface area contributed by atoms with Crippen molar-refractivity contribution in [1.82, 2.24) is 5.32 Å². The largest absolute Gasteiger partial charge is 0.478 e. The Bertz CT molecular complexity index is 528. The van der Waals surface area contributed by atoms with Gasteiger partial charge in [0.05, 0.1) is 23.8 Å². The molecular formula is C12H11BrN2O3S. The van der Waals surface area contributed by atoms with Crippen LogP contribution in [0.1, 0.15) is 16.8 Å². The van der Waals surface area contributed by atoms with E-state index in [-0.39, 0.29) is 23.6 Å². The van der Waals surface area contributed by atoms with E-state index in [1.165, 1.54) is 6.07 Å². The number of thioether (sulfide) groups is 1. The van der Waals surface area contributed by atoms with Crippen molar-refractivity contribution in [2.45, 2.75) is 11.3 Å². The number of nitrogens with zero attached hydrogens (tertiary/aromatic N) is 1. The summed E-state index contributed by atoms with van der Waals surface area (Å²) in [6.45, 7) is 0.306. The van der Waals surface area contributed by atoms with E-state index >= 15 is 0 Å². The molecule has 0 fully saturated rings. The van der Waals surface area contributed by atoms with Crippen LogP contribution in [0.2, 0.25) is 0 Å². The highest BCUT2D eigenvalue weighted by Gasteiger charge is 2.12. The lowest BCUT2D eigenvalue weighted by atomic mass is 10.2.